The van der Waals surface area contributed by atoms with Gasteiger partial charge in [0.1, 0.15) is 0 Å². The fourth-order valence-corrected chi connectivity index (χ4v) is 1.27. The van der Waals surface area contributed by atoms with E-state index in [2.05, 4.69) is 5.32 Å². The zero-order chi connectivity index (χ0) is 10.8. The van der Waals surface area contributed by atoms with Gasteiger partial charge < -0.3 is 10.4 Å². The number of hydrogen-bond acceptors (Lipinski definition) is 2. The molecular formula is C11H16FNO. The maximum atomic E-state index is 13.0. The second kappa shape index (κ2) is 3.96. The van der Waals surface area contributed by atoms with Crippen LogP contribution in [0.15, 0.2) is 18.2 Å². The second-order valence-corrected chi connectivity index (χ2v) is 4.06. The average molecular weight is 197 g/mol. The van der Waals surface area contributed by atoms with Crippen LogP contribution in [0.1, 0.15) is 19.4 Å². The predicted octanol–water partition coefficient (Wildman–Crippen LogP) is 2.07. The average Bonchev–Trinajstić information content (AvgIpc) is 2.13. The third-order valence-electron chi connectivity index (χ3n) is 2.38. The summed E-state index contributed by atoms with van der Waals surface area (Å²) in [6.07, 6.45) is 0.590. The minimum absolute atomic E-state index is 0.148. The molecule has 14 heavy (non-hydrogen) atoms. The van der Waals surface area contributed by atoms with Crippen molar-refractivity contribution in [1.82, 2.24) is 5.32 Å². The van der Waals surface area contributed by atoms with Crippen molar-refractivity contribution in [3.63, 3.8) is 0 Å². The van der Waals surface area contributed by atoms with Gasteiger partial charge in [0.05, 0.1) is 0 Å². The van der Waals surface area contributed by atoms with Crippen molar-refractivity contribution in [1.29, 1.82) is 0 Å². The molecule has 1 aromatic rings. The lowest BCUT2D eigenvalue weighted by Gasteiger charge is -2.24. The van der Waals surface area contributed by atoms with Gasteiger partial charge in [-0.05, 0) is 38.9 Å². The van der Waals surface area contributed by atoms with E-state index in [9.17, 15) is 9.50 Å². The number of phenols is 1. The molecule has 2 N–H and O–H groups in total. The molecule has 3 heteroatoms. The van der Waals surface area contributed by atoms with Gasteiger partial charge in [-0.3, -0.25) is 0 Å². The molecule has 0 fully saturated rings. The smallest absolute Gasteiger partial charge is 0.165 e. The van der Waals surface area contributed by atoms with Crippen LogP contribution in [-0.4, -0.2) is 17.7 Å². The Kier molecular flexibility index (Phi) is 3.11. The van der Waals surface area contributed by atoms with E-state index in [0.29, 0.717) is 12.0 Å². The Morgan fingerprint density at radius 2 is 2.07 bits per heavy atom. The molecule has 0 aliphatic carbocycles. The zero-order valence-corrected chi connectivity index (χ0v) is 8.76. The highest BCUT2D eigenvalue weighted by Gasteiger charge is 2.18. The summed E-state index contributed by atoms with van der Waals surface area (Å²) in [5, 5.41) is 12.6. The number of likely N-dealkylation sites (N-methyl/N-ethyl adjacent to an activating group) is 1. The van der Waals surface area contributed by atoms with Crippen molar-refractivity contribution in [2.45, 2.75) is 25.8 Å². The Morgan fingerprint density at radius 1 is 1.43 bits per heavy atom. The number of halogens is 1. The van der Waals surface area contributed by atoms with Crippen LogP contribution in [0, 0.1) is 5.82 Å². The first kappa shape index (κ1) is 11.0. The summed E-state index contributed by atoms with van der Waals surface area (Å²) in [6, 6.07) is 4.60. The first-order chi connectivity index (χ1) is 6.46. The third kappa shape index (κ3) is 2.45. The summed E-state index contributed by atoms with van der Waals surface area (Å²) in [5.74, 6) is -0.801. The van der Waals surface area contributed by atoms with Gasteiger partial charge in [-0.2, -0.15) is 0 Å². The van der Waals surface area contributed by atoms with Crippen LogP contribution in [0.25, 0.3) is 0 Å². The largest absolute Gasteiger partial charge is 0.505 e. The van der Waals surface area contributed by atoms with Crippen LogP contribution < -0.4 is 5.32 Å². The van der Waals surface area contributed by atoms with Crippen molar-refractivity contribution in [2.24, 2.45) is 0 Å². The molecule has 0 aliphatic rings. The van der Waals surface area contributed by atoms with E-state index in [1.165, 1.54) is 6.07 Å². The molecule has 0 unspecified atom stereocenters. The summed E-state index contributed by atoms with van der Waals surface area (Å²) in [7, 11) is 1.84. The number of phenolic OH excluding ortho intramolecular Hbond substituents is 1. The molecule has 2 nitrogen and oxygen atoms in total. The normalized spacial score (nSPS) is 11.7. The van der Waals surface area contributed by atoms with E-state index < -0.39 is 5.82 Å². The van der Waals surface area contributed by atoms with E-state index in [1.54, 1.807) is 12.1 Å². The number of rotatable bonds is 3. The summed E-state index contributed by atoms with van der Waals surface area (Å²) >= 11 is 0. The van der Waals surface area contributed by atoms with Crippen LogP contribution in [0.2, 0.25) is 0 Å². The molecule has 78 valence electrons. The van der Waals surface area contributed by atoms with Gasteiger partial charge in [0.15, 0.2) is 11.6 Å². The van der Waals surface area contributed by atoms with Gasteiger partial charge >= 0.3 is 0 Å². The first-order valence-electron chi connectivity index (χ1n) is 4.61. The van der Waals surface area contributed by atoms with E-state index in [0.717, 1.165) is 0 Å². The molecule has 0 spiro atoms. The molecule has 0 saturated carbocycles. The van der Waals surface area contributed by atoms with Crippen LogP contribution >= 0.6 is 0 Å². The van der Waals surface area contributed by atoms with Crippen molar-refractivity contribution in [3.05, 3.63) is 29.6 Å². The molecule has 0 aromatic heterocycles. The lowest BCUT2D eigenvalue weighted by molar-refractivity contribution is 0.392. The topological polar surface area (TPSA) is 32.3 Å². The van der Waals surface area contributed by atoms with Crippen LogP contribution in [0.5, 0.6) is 5.75 Å². The Hall–Kier alpha value is -1.09. The molecule has 1 rings (SSSR count). The fourth-order valence-electron chi connectivity index (χ4n) is 1.27. The first-order valence-corrected chi connectivity index (χ1v) is 4.61. The monoisotopic (exact) mass is 197 g/mol. The van der Waals surface area contributed by atoms with Gasteiger partial charge in [0.25, 0.3) is 0 Å². The van der Waals surface area contributed by atoms with Crippen molar-refractivity contribution in [2.75, 3.05) is 7.05 Å². The highest BCUT2D eigenvalue weighted by atomic mass is 19.1. The summed E-state index contributed by atoms with van der Waals surface area (Å²) in [6.45, 7) is 3.99. The Balaban J connectivity index is 2.92. The summed E-state index contributed by atoms with van der Waals surface area (Å²) < 4.78 is 13.0. The van der Waals surface area contributed by atoms with Crippen molar-refractivity contribution < 1.29 is 9.50 Å². The van der Waals surface area contributed by atoms with Crippen molar-refractivity contribution in [3.8, 4) is 5.75 Å². The molecule has 0 bridgehead atoms. The van der Waals surface area contributed by atoms with Crippen LogP contribution in [-0.2, 0) is 6.42 Å². The number of hydrogen-bond donors (Lipinski definition) is 2. The molecule has 0 heterocycles. The van der Waals surface area contributed by atoms with Gasteiger partial charge in [-0.25, -0.2) is 4.39 Å². The standard InChI is InChI=1S/C11H16FNO/c1-11(2,13-3)7-8-5-4-6-9(12)10(8)14/h4-6,13-14H,7H2,1-3H3. The van der Waals surface area contributed by atoms with Crippen LogP contribution in [0.4, 0.5) is 4.39 Å². The molecule has 0 atom stereocenters. The Labute approximate surface area is 83.8 Å². The lowest BCUT2D eigenvalue weighted by Crippen LogP contribution is -2.38. The zero-order valence-electron chi connectivity index (χ0n) is 8.76. The molecule has 0 radical (unpaired) electrons. The van der Waals surface area contributed by atoms with Crippen LogP contribution in [0.3, 0.4) is 0 Å². The van der Waals surface area contributed by atoms with E-state index >= 15 is 0 Å². The van der Waals surface area contributed by atoms with Gasteiger partial charge in [-0.15, -0.1) is 0 Å². The van der Waals surface area contributed by atoms with Gasteiger partial charge in [0.2, 0.25) is 0 Å². The lowest BCUT2D eigenvalue weighted by atomic mass is 9.94. The maximum absolute atomic E-state index is 13.0. The third-order valence-corrected chi connectivity index (χ3v) is 2.38. The Morgan fingerprint density at radius 3 is 2.64 bits per heavy atom. The number of aromatic hydroxyl groups is 1. The summed E-state index contributed by atoms with van der Waals surface area (Å²) in [4.78, 5) is 0. The fraction of sp³-hybridized carbons (Fsp3) is 0.455. The molecule has 0 saturated heterocycles. The maximum Gasteiger partial charge on any atom is 0.165 e. The highest BCUT2D eigenvalue weighted by molar-refractivity contribution is 5.34. The van der Waals surface area contributed by atoms with E-state index in [4.69, 9.17) is 0 Å². The molecule has 0 aliphatic heterocycles. The molecule has 1 aromatic carbocycles. The highest BCUT2D eigenvalue weighted by Crippen LogP contribution is 2.24. The van der Waals surface area contributed by atoms with E-state index in [-0.39, 0.29) is 11.3 Å². The minimum atomic E-state index is -0.561. The second-order valence-electron chi connectivity index (χ2n) is 4.06. The number of nitrogens with one attached hydrogen (secondary N) is 1. The SMILES string of the molecule is CNC(C)(C)Cc1cccc(F)c1O. The quantitative estimate of drug-likeness (QED) is 0.777. The Bertz CT molecular complexity index is 323. The summed E-state index contributed by atoms with van der Waals surface area (Å²) in [5.41, 5.74) is 0.481. The van der Waals surface area contributed by atoms with Crippen molar-refractivity contribution >= 4 is 0 Å². The number of benzene rings is 1. The number of para-hydroxylation sites is 1. The molecular weight excluding hydrogens is 181 g/mol. The van der Waals surface area contributed by atoms with E-state index in [1.807, 2.05) is 20.9 Å². The molecule has 0 amide bonds. The van der Waals surface area contributed by atoms with Gasteiger partial charge in [-0.1, -0.05) is 12.1 Å². The predicted molar refractivity (Wildman–Crippen MR) is 54.9 cm³/mol. The minimum Gasteiger partial charge on any atom is -0.505 e. The van der Waals surface area contributed by atoms with Gasteiger partial charge in [0, 0.05) is 5.54 Å².